The van der Waals surface area contributed by atoms with Gasteiger partial charge in [0.15, 0.2) is 0 Å². The molecule has 9 rings (SSSR count). The molecule has 0 amide bonds. The largest absolute Gasteiger partial charge is 0.310 e. The van der Waals surface area contributed by atoms with E-state index >= 15 is 0 Å². The van der Waals surface area contributed by atoms with E-state index in [1.165, 1.54) is 154 Å². The van der Waals surface area contributed by atoms with Gasteiger partial charge in [-0.3, -0.25) is 0 Å². The zero-order chi connectivity index (χ0) is 41.2. The third-order valence-electron chi connectivity index (χ3n) is 14.9. The van der Waals surface area contributed by atoms with E-state index in [9.17, 15) is 0 Å². The summed E-state index contributed by atoms with van der Waals surface area (Å²) in [6, 6.07) is 32.2. The van der Waals surface area contributed by atoms with Crippen molar-refractivity contribution in [3.63, 3.8) is 0 Å². The van der Waals surface area contributed by atoms with Crippen molar-refractivity contribution in [1.29, 1.82) is 0 Å². The van der Waals surface area contributed by atoms with Crippen LogP contribution in [0.4, 0.5) is 0 Å². The van der Waals surface area contributed by atoms with Gasteiger partial charge in [0, 0.05) is 32.9 Å². The molecule has 0 saturated heterocycles. The number of benzene rings is 7. The Morgan fingerprint density at radius 1 is 0.259 bits per heavy atom. The minimum absolute atomic E-state index is 1.23. The predicted molar refractivity (Wildman–Crippen MR) is 300 cm³/mol. The molecule has 9 aromatic rings. The number of hydrogen-bond acceptors (Lipinski definition) is 0. The summed E-state index contributed by atoms with van der Waals surface area (Å²) in [6.45, 7) is 0. The van der Waals surface area contributed by atoms with E-state index in [2.05, 4.69) is 204 Å². The van der Waals surface area contributed by atoms with Crippen molar-refractivity contribution in [3.8, 4) is 33.6 Å². The van der Waals surface area contributed by atoms with Gasteiger partial charge in [0.25, 0.3) is 0 Å². The molecular formula is C42H42B14N2. The predicted octanol–water partition coefficient (Wildman–Crippen LogP) is -13.2. The fourth-order valence-corrected chi connectivity index (χ4v) is 10.5. The molecule has 2 nitrogen and oxygen atoms in total. The average Bonchev–Trinajstić information content (AvgIpc) is 3.73. The van der Waals surface area contributed by atoms with Crippen molar-refractivity contribution in [2.75, 3.05) is 0 Å². The molecule has 0 saturated carbocycles. The number of nitrogens with zero attached hydrogens (tertiary/aromatic N) is 2. The third kappa shape index (κ3) is 5.32. The molecule has 2 aromatic heterocycles. The van der Waals surface area contributed by atoms with Crippen molar-refractivity contribution < 1.29 is 0 Å². The van der Waals surface area contributed by atoms with Crippen LogP contribution in [0.25, 0.3) is 77.2 Å². The van der Waals surface area contributed by atoms with Gasteiger partial charge < -0.3 is 9.13 Å². The Morgan fingerprint density at radius 2 is 0.552 bits per heavy atom. The van der Waals surface area contributed by atoms with Gasteiger partial charge in [-0.1, -0.05) is 103 Å². The van der Waals surface area contributed by atoms with Crippen molar-refractivity contribution in [3.05, 3.63) is 84.9 Å². The molecule has 58 heavy (non-hydrogen) atoms. The van der Waals surface area contributed by atoms with Gasteiger partial charge in [-0.15, -0.1) is 21.9 Å². The SMILES string of the molecule is Bc1c(B)c(B)c(-c2c(B)c(B)c(B)c(-n3c4ccccc4c4cc(-c5ccc6c(c5)c5ccccc5n6-c5c(B)c(B)c(B)c(B)c5B)ccc43)c2B)c(B)c1B. The monoisotopic (exact) mass is 728 g/mol. The molecule has 7 aromatic carbocycles. The summed E-state index contributed by atoms with van der Waals surface area (Å²) in [5.41, 5.74) is 32.1. The Hall–Kier alpha value is -4.95. The Labute approximate surface area is 355 Å². The molecule has 16 heteroatoms. The second kappa shape index (κ2) is 13.8. The molecule has 0 aliphatic rings. The molecule has 0 radical (unpaired) electrons. The lowest BCUT2D eigenvalue weighted by Crippen LogP contribution is -2.57. The molecule has 0 atom stereocenters. The number of para-hydroxylation sites is 2. The van der Waals surface area contributed by atoms with Crippen molar-refractivity contribution in [2.45, 2.75) is 0 Å². The summed E-state index contributed by atoms with van der Waals surface area (Å²) < 4.78 is 5.07. The van der Waals surface area contributed by atoms with Crippen LogP contribution in [-0.2, 0) is 0 Å². The van der Waals surface area contributed by atoms with Crippen LogP contribution < -0.4 is 76.5 Å². The molecule has 262 valence electrons. The zero-order valence-electron chi connectivity index (χ0n) is 37.0. The molecule has 0 aliphatic heterocycles. The fourth-order valence-electron chi connectivity index (χ4n) is 10.5. The van der Waals surface area contributed by atoms with E-state index in [-0.39, 0.29) is 0 Å². The van der Waals surface area contributed by atoms with E-state index in [1.54, 1.807) is 0 Å². The Morgan fingerprint density at radius 3 is 0.966 bits per heavy atom. The summed E-state index contributed by atoms with van der Waals surface area (Å²) in [5.74, 6) is 0. The highest BCUT2D eigenvalue weighted by molar-refractivity contribution is 6.71. The van der Waals surface area contributed by atoms with Crippen molar-refractivity contribution >= 4 is 230 Å². The van der Waals surface area contributed by atoms with Crippen LogP contribution in [0.2, 0.25) is 0 Å². The zero-order valence-corrected chi connectivity index (χ0v) is 37.0. The normalized spacial score (nSPS) is 11.7. The molecule has 0 bridgehead atoms. The lowest BCUT2D eigenvalue weighted by Gasteiger charge is -2.28. The van der Waals surface area contributed by atoms with Crippen LogP contribution in [-0.4, -0.2) is 119 Å². The van der Waals surface area contributed by atoms with Crippen LogP contribution in [0.1, 0.15) is 0 Å². The van der Waals surface area contributed by atoms with E-state index in [1.807, 2.05) is 0 Å². The maximum absolute atomic E-state index is 2.56. The van der Waals surface area contributed by atoms with Gasteiger partial charge in [-0.05, 0) is 58.7 Å². The molecule has 2 heterocycles. The highest BCUT2D eigenvalue weighted by Gasteiger charge is 2.24. The lowest BCUT2D eigenvalue weighted by atomic mass is 9.56. The van der Waals surface area contributed by atoms with Gasteiger partial charge in [0.2, 0.25) is 0 Å². The van der Waals surface area contributed by atoms with Gasteiger partial charge in [-0.2, -0.15) is 0 Å². The first kappa shape index (κ1) is 38.6. The van der Waals surface area contributed by atoms with E-state index in [0.717, 1.165) is 0 Å². The Balaban J connectivity index is 1.28. The van der Waals surface area contributed by atoms with Crippen LogP contribution in [0.15, 0.2) is 84.9 Å². The second-order valence-corrected chi connectivity index (χ2v) is 17.4. The van der Waals surface area contributed by atoms with E-state index < -0.39 is 0 Å². The molecule has 0 N–H and O–H groups in total. The smallest absolute Gasteiger partial charge is 0.142 e. The number of fused-ring (bicyclic) bond motifs is 6. The maximum atomic E-state index is 2.56. The minimum atomic E-state index is 1.23. The third-order valence-corrected chi connectivity index (χ3v) is 14.9. The quantitative estimate of drug-likeness (QED) is 0.160. The number of aromatic nitrogens is 2. The van der Waals surface area contributed by atoms with Crippen LogP contribution in [0.3, 0.4) is 0 Å². The lowest BCUT2D eigenvalue weighted by molar-refractivity contribution is 1.21. The van der Waals surface area contributed by atoms with Crippen molar-refractivity contribution in [2.24, 2.45) is 0 Å². The number of rotatable bonds is 4. The van der Waals surface area contributed by atoms with E-state index in [4.69, 9.17) is 0 Å². The molecule has 0 unspecified atom stereocenters. The highest BCUT2D eigenvalue weighted by atomic mass is 15.0. The Bertz CT molecular complexity index is 3230. The molecule has 0 aliphatic carbocycles. The van der Waals surface area contributed by atoms with Crippen LogP contribution >= 0.6 is 0 Å². The standard InChI is InChI=1S/C42H42B14N2/c43-27-25(28(44)32(48)34(50)31(27)47)26-29(45)33(49)38(54)41(30(26)46)57-21-7-3-1-5-17(21)19-13-15(9-11-23(19)57)16-10-12-24-20(14-16)18-6-2-4-8-22(18)58(24)42-39(55)36(52)35(51)37(53)40(42)56/h1-14H,43-56H2. The summed E-state index contributed by atoms with van der Waals surface area (Å²) in [6.07, 6.45) is 0. The molecule has 0 fully saturated rings. The average molecular weight is 726 g/mol. The number of hydrogen-bond donors (Lipinski definition) is 0. The molecule has 0 spiro atoms. The summed E-state index contributed by atoms with van der Waals surface area (Å²) in [4.78, 5) is 0. The second-order valence-electron chi connectivity index (χ2n) is 17.4. The highest BCUT2D eigenvalue weighted by Crippen LogP contribution is 2.37. The van der Waals surface area contributed by atoms with Crippen molar-refractivity contribution in [1.82, 2.24) is 9.13 Å². The molecular weight excluding hydrogens is 684 g/mol. The van der Waals surface area contributed by atoms with Crippen LogP contribution in [0, 0.1) is 0 Å². The van der Waals surface area contributed by atoms with Crippen LogP contribution in [0.5, 0.6) is 0 Å². The van der Waals surface area contributed by atoms with E-state index in [0.29, 0.717) is 0 Å². The first-order valence-corrected chi connectivity index (χ1v) is 21.0. The minimum Gasteiger partial charge on any atom is -0.310 e. The maximum Gasteiger partial charge on any atom is 0.142 e. The first-order chi connectivity index (χ1) is 27.6. The van der Waals surface area contributed by atoms with Gasteiger partial charge in [0.1, 0.15) is 110 Å². The summed E-state index contributed by atoms with van der Waals surface area (Å²) in [5, 5.41) is 5.13. The topological polar surface area (TPSA) is 9.86 Å². The first-order valence-electron chi connectivity index (χ1n) is 21.0. The van der Waals surface area contributed by atoms with Gasteiger partial charge >= 0.3 is 0 Å². The Kier molecular flexibility index (Phi) is 9.19. The fraction of sp³-hybridized carbons (Fsp3) is 0. The van der Waals surface area contributed by atoms with Gasteiger partial charge in [-0.25, -0.2) is 0 Å². The van der Waals surface area contributed by atoms with Gasteiger partial charge in [0.05, 0.1) is 22.1 Å². The summed E-state index contributed by atoms with van der Waals surface area (Å²) in [7, 11) is 32.2. The summed E-state index contributed by atoms with van der Waals surface area (Å²) >= 11 is 0.